The normalized spacial score (nSPS) is 22.3. The lowest BCUT2D eigenvalue weighted by molar-refractivity contribution is -0.128. The van der Waals surface area contributed by atoms with Crippen LogP contribution in [0.1, 0.15) is 19.4 Å². The highest BCUT2D eigenvalue weighted by molar-refractivity contribution is 5.36. The van der Waals surface area contributed by atoms with Gasteiger partial charge < -0.3 is 9.47 Å². The Hall–Kier alpha value is -1.42. The molecule has 0 radical (unpaired) electrons. The Balaban J connectivity index is 0.000000195. The molecule has 1 aliphatic heterocycles. The molecule has 82 valence electrons. The Morgan fingerprint density at radius 1 is 1.73 bits per heavy atom. The van der Waals surface area contributed by atoms with Gasteiger partial charge >= 0.3 is 0 Å². The van der Waals surface area contributed by atoms with Crippen molar-refractivity contribution in [2.45, 2.75) is 19.4 Å². The molecule has 0 spiro atoms. The first-order valence-electron chi connectivity index (χ1n) is 4.82. The van der Waals surface area contributed by atoms with E-state index in [1.54, 1.807) is 13.1 Å². The molecule has 0 N–H and O–H groups in total. The Morgan fingerprint density at radius 2 is 2.47 bits per heavy atom. The molecule has 0 saturated carbocycles. The Morgan fingerprint density at radius 3 is 2.80 bits per heavy atom. The number of carbonyl (C=O) groups excluding carboxylic acids is 1. The van der Waals surface area contributed by atoms with Crippen molar-refractivity contribution in [2.24, 2.45) is 0 Å². The van der Waals surface area contributed by atoms with Crippen LogP contribution < -0.4 is 0 Å². The first-order valence-corrected chi connectivity index (χ1v) is 4.82. The molecule has 2 rings (SSSR count). The maximum absolute atomic E-state index is 9.18. The van der Waals surface area contributed by atoms with E-state index in [0.29, 0.717) is 13.1 Å². The molecule has 0 amide bonds. The lowest BCUT2D eigenvalue weighted by Gasteiger charge is -2.01. The second-order valence-electron chi connectivity index (χ2n) is 3.31. The van der Waals surface area contributed by atoms with Gasteiger partial charge in [0.05, 0.1) is 13.2 Å². The van der Waals surface area contributed by atoms with Crippen LogP contribution in [0.25, 0.3) is 0 Å². The zero-order chi connectivity index (χ0) is 11.1. The van der Waals surface area contributed by atoms with E-state index >= 15 is 0 Å². The standard InChI is InChI=1S/C8H9NO.C3H6O2/c1-8(6-10-8)7-3-2-4-9-5-7;1-2-5-3-4/h2-5H,6H2,1H3;3H,2H2,1H3. The number of ether oxygens (including phenoxy) is 2. The minimum Gasteiger partial charge on any atom is -0.468 e. The molecule has 1 saturated heterocycles. The second kappa shape index (κ2) is 5.46. The van der Waals surface area contributed by atoms with Crippen molar-refractivity contribution in [3.63, 3.8) is 0 Å². The number of pyridine rings is 1. The summed E-state index contributed by atoms with van der Waals surface area (Å²) < 4.78 is 9.39. The van der Waals surface area contributed by atoms with Gasteiger partial charge in [0, 0.05) is 18.0 Å². The maximum atomic E-state index is 9.18. The monoisotopic (exact) mass is 209 g/mol. The van der Waals surface area contributed by atoms with Crippen molar-refractivity contribution in [3.05, 3.63) is 30.1 Å². The van der Waals surface area contributed by atoms with E-state index in [4.69, 9.17) is 4.74 Å². The summed E-state index contributed by atoms with van der Waals surface area (Å²) in [6.45, 7) is 5.57. The summed E-state index contributed by atoms with van der Waals surface area (Å²) in [5, 5.41) is 0. The van der Waals surface area contributed by atoms with E-state index < -0.39 is 0 Å². The number of epoxide rings is 1. The van der Waals surface area contributed by atoms with Crippen molar-refractivity contribution in [2.75, 3.05) is 13.2 Å². The molecule has 0 aliphatic carbocycles. The van der Waals surface area contributed by atoms with Crippen LogP contribution in [0, 0.1) is 0 Å². The van der Waals surface area contributed by atoms with Crippen molar-refractivity contribution >= 4 is 6.47 Å². The van der Waals surface area contributed by atoms with Crippen LogP contribution in [0.4, 0.5) is 0 Å². The summed E-state index contributed by atoms with van der Waals surface area (Å²) in [6.07, 6.45) is 3.63. The van der Waals surface area contributed by atoms with Crippen LogP contribution in [0.15, 0.2) is 24.5 Å². The van der Waals surface area contributed by atoms with Crippen LogP contribution >= 0.6 is 0 Å². The third-order valence-corrected chi connectivity index (χ3v) is 2.08. The van der Waals surface area contributed by atoms with Crippen LogP contribution in [0.5, 0.6) is 0 Å². The average molecular weight is 209 g/mol. The zero-order valence-corrected chi connectivity index (χ0v) is 8.97. The van der Waals surface area contributed by atoms with Gasteiger partial charge in [0.25, 0.3) is 6.47 Å². The van der Waals surface area contributed by atoms with Gasteiger partial charge in [-0.25, -0.2) is 0 Å². The van der Waals surface area contributed by atoms with E-state index in [1.165, 1.54) is 5.56 Å². The van der Waals surface area contributed by atoms with E-state index in [-0.39, 0.29) is 5.60 Å². The molecule has 1 aromatic heterocycles. The van der Waals surface area contributed by atoms with Gasteiger partial charge in [-0.1, -0.05) is 6.07 Å². The van der Waals surface area contributed by atoms with E-state index in [0.717, 1.165) is 6.61 Å². The SMILES string of the molecule is CC1(c2cccnc2)CO1.CCOC=O. The quantitative estimate of drug-likeness (QED) is 0.559. The summed E-state index contributed by atoms with van der Waals surface area (Å²) in [5.41, 5.74) is 1.16. The van der Waals surface area contributed by atoms with Gasteiger partial charge in [0.1, 0.15) is 5.60 Å². The third-order valence-electron chi connectivity index (χ3n) is 2.08. The fourth-order valence-corrected chi connectivity index (χ4v) is 1.02. The molecule has 15 heavy (non-hydrogen) atoms. The molecule has 0 bridgehead atoms. The maximum Gasteiger partial charge on any atom is 0.293 e. The molecule has 1 aliphatic rings. The molecule has 0 aromatic carbocycles. The molecule has 4 heteroatoms. The molecule has 1 aromatic rings. The van der Waals surface area contributed by atoms with Gasteiger partial charge in [-0.05, 0) is 19.9 Å². The van der Waals surface area contributed by atoms with Crippen LogP contribution in [0.3, 0.4) is 0 Å². The number of aromatic nitrogens is 1. The first-order chi connectivity index (χ1) is 7.23. The fraction of sp³-hybridized carbons (Fsp3) is 0.455. The lowest BCUT2D eigenvalue weighted by Crippen LogP contribution is -2.01. The van der Waals surface area contributed by atoms with Crippen molar-refractivity contribution in [1.82, 2.24) is 4.98 Å². The molecule has 2 heterocycles. The van der Waals surface area contributed by atoms with Crippen molar-refractivity contribution < 1.29 is 14.3 Å². The largest absolute Gasteiger partial charge is 0.468 e. The molecule has 1 fully saturated rings. The number of nitrogens with zero attached hydrogens (tertiary/aromatic N) is 1. The van der Waals surface area contributed by atoms with Crippen LogP contribution in [0.2, 0.25) is 0 Å². The summed E-state index contributed by atoms with van der Waals surface area (Å²) in [6, 6.07) is 3.97. The second-order valence-corrected chi connectivity index (χ2v) is 3.31. The summed E-state index contributed by atoms with van der Waals surface area (Å²) in [7, 11) is 0. The number of rotatable bonds is 3. The van der Waals surface area contributed by atoms with Crippen molar-refractivity contribution in [1.29, 1.82) is 0 Å². The Bertz CT molecular complexity index is 296. The van der Waals surface area contributed by atoms with Crippen molar-refractivity contribution in [3.8, 4) is 0 Å². The Kier molecular flexibility index (Phi) is 4.24. The van der Waals surface area contributed by atoms with Gasteiger partial charge in [0.15, 0.2) is 0 Å². The van der Waals surface area contributed by atoms with Gasteiger partial charge in [-0.15, -0.1) is 0 Å². The molecule has 1 atom stereocenters. The fourth-order valence-electron chi connectivity index (χ4n) is 1.02. The lowest BCUT2D eigenvalue weighted by atomic mass is 10.1. The Labute approximate surface area is 89.2 Å². The highest BCUT2D eigenvalue weighted by Crippen LogP contribution is 2.36. The first kappa shape index (κ1) is 11.7. The van der Waals surface area contributed by atoms with E-state index in [1.807, 2.05) is 18.3 Å². The number of hydrogen-bond donors (Lipinski definition) is 0. The average Bonchev–Trinajstić information content (AvgIpc) is 3.02. The zero-order valence-electron chi connectivity index (χ0n) is 8.97. The van der Waals surface area contributed by atoms with Gasteiger partial charge in [0.2, 0.25) is 0 Å². The van der Waals surface area contributed by atoms with Gasteiger partial charge in [-0.3, -0.25) is 9.78 Å². The van der Waals surface area contributed by atoms with Crippen LogP contribution in [-0.4, -0.2) is 24.7 Å². The minimum atomic E-state index is -0.0196. The molecule has 1 unspecified atom stereocenters. The summed E-state index contributed by atoms with van der Waals surface area (Å²) in [5.74, 6) is 0. The van der Waals surface area contributed by atoms with E-state index in [9.17, 15) is 4.79 Å². The summed E-state index contributed by atoms with van der Waals surface area (Å²) in [4.78, 5) is 13.2. The van der Waals surface area contributed by atoms with Crippen LogP contribution in [-0.2, 0) is 19.9 Å². The highest BCUT2D eigenvalue weighted by atomic mass is 16.6. The predicted molar refractivity (Wildman–Crippen MR) is 55.2 cm³/mol. The smallest absolute Gasteiger partial charge is 0.293 e. The molecular formula is C11H15NO3. The highest BCUT2D eigenvalue weighted by Gasteiger charge is 2.41. The number of hydrogen-bond acceptors (Lipinski definition) is 4. The third kappa shape index (κ3) is 3.67. The molecular weight excluding hydrogens is 194 g/mol. The van der Waals surface area contributed by atoms with E-state index in [2.05, 4.69) is 16.6 Å². The molecule has 4 nitrogen and oxygen atoms in total. The number of carbonyl (C=O) groups is 1. The summed E-state index contributed by atoms with van der Waals surface area (Å²) >= 11 is 0. The minimum absolute atomic E-state index is 0.0196. The topological polar surface area (TPSA) is 51.7 Å². The van der Waals surface area contributed by atoms with Gasteiger partial charge in [-0.2, -0.15) is 0 Å². The predicted octanol–water partition coefficient (Wildman–Crippen LogP) is 1.51.